The quantitative estimate of drug-likeness (QED) is 0.0164. The van der Waals surface area contributed by atoms with Crippen LogP contribution >= 0.6 is 0 Å². The lowest BCUT2D eigenvalue weighted by Gasteiger charge is -2.30. The highest BCUT2D eigenvalue weighted by molar-refractivity contribution is 6.03. The number of aromatic nitrogens is 2. The number of aliphatic carboxylic acids is 2. The van der Waals surface area contributed by atoms with Gasteiger partial charge in [-0.3, -0.25) is 122 Å². The number of hydrogen-bond donors (Lipinski definition) is 37. The monoisotopic (exact) mass is 2090 g/mol. The van der Waals surface area contributed by atoms with E-state index in [0.717, 1.165) is 20.8 Å². The molecule has 0 saturated carbocycles. The Morgan fingerprint density at radius 1 is 0.354 bits per heavy atom. The van der Waals surface area contributed by atoms with Crippen LogP contribution in [0.25, 0.3) is 0 Å². The van der Waals surface area contributed by atoms with E-state index in [-0.39, 0.29) is 95.0 Å². The summed E-state index contributed by atoms with van der Waals surface area (Å²) in [5.74, 6) is -29.7. The molecule has 60 nitrogen and oxygen atoms in total. The van der Waals surface area contributed by atoms with Gasteiger partial charge in [0.05, 0.1) is 64.2 Å². The van der Waals surface area contributed by atoms with Crippen LogP contribution in [0.4, 0.5) is 0 Å². The first kappa shape index (κ1) is 130. The highest BCUT2D eigenvalue weighted by atomic mass is 16.4. The standard InChI is InChI=1S/C87H152N32O28/c1-15-40(8)62(89)79(141)104-43(11)67(129)113-55(34-120)69(131)100-32-59(125)107-49(22-19-25-98-86(92)93)72(134)119-66(46(14)123)80(142)101-33-60(126)106-48(21-18-24-97-85(90)91)70(132)108-50(23-20-26-99-87(94)95)71(133)109-53(29-58(88)124)73(135)103-44(12)68(130)117-64(41(9)16-2)82(144)112-52(28-47-31-96-37-102-47)74(136)110-54(30-61(127)128)76(138)118-65(42(10)17-3)83(145)111-51(27-38(4)5)75(137)116-63(39(6)7)81(143)115-57(36-122)78(140)114-56(35-121)77(139)105-45(13)84(146)147/h31,37-46,48-57,62-66,120-123H,15-30,32-36,89H2,1-14H3,(H2,88,124)(H,96,102)(H,100,131)(H,101,142)(H,103,135)(H,104,141)(H,105,139)(H,106,126)(H,107,125)(H,108,132)(H,109,133)(H,110,136)(H,111,145)(H,112,144)(H,113,129)(H,114,140)(H,115,143)(H,116,137)(H,117,130)(H,118,138)(H,119,134)(H,127,128)(H,146,147)(H4,90,91,97)(H4,92,93,98)(H4,94,95,99)/t40-,41-,42-,43-,44-,45-,46+,48-,49-,50-,51-,52-,53-,54-,55-,56-,57-,62-,63-,64-,65-,66-/m0/s1. The highest BCUT2D eigenvalue weighted by Gasteiger charge is 2.42. The number of amides is 20. The number of hydrogen-bond acceptors (Lipinski definition) is 31. The van der Waals surface area contributed by atoms with Crippen molar-refractivity contribution in [2.75, 3.05) is 52.5 Å². The topological polar surface area (TPSA) is 992 Å². The molecule has 0 aliphatic heterocycles. The number of primary amides is 1. The summed E-state index contributed by atoms with van der Waals surface area (Å²) in [6.45, 7) is 15.5. The lowest BCUT2D eigenvalue weighted by atomic mass is 9.95. The third-order valence-corrected chi connectivity index (χ3v) is 22.9. The molecule has 20 amide bonds. The average Bonchev–Trinajstić information content (AvgIpc) is 1.49. The van der Waals surface area contributed by atoms with Gasteiger partial charge in [0.25, 0.3) is 0 Å². The van der Waals surface area contributed by atoms with Gasteiger partial charge in [0.15, 0.2) is 17.9 Å². The molecular formula is C87H152N32O28. The number of carbonyl (C=O) groups is 22. The van der Waals surface area contributed by atoms with E-state index in [1.54, 1.807) is 41.5 Å². The molecule has 828 valence electrons. The number of carboxylic acid groups (broad SMARTS) is 2. The van der Waals surface area contributed by atoms with Crippen molar-refractivity contribution in [3.63, 3.8) is 0 Å². The Morgan fingerprint density at radius 3 is 1.10 bits per heavy atom. The summed E-state index contributed by atoms with van der Waals surface area (Å²) in [5.41, 5.74) is 28.1. The predicted molar refractivity (Wildman–Crippen MR) is 523 cm³/mol. The molecule has 0 radical (unpaired) electrons. The molecule has 0 saturated heterocycles. The van der Waals surface area contributed by atoms with Gasteiger partial charge in [-0.15, -0.1) is 0 Å². The van der Waals surface area contributed by atoms with E-state index in [0.29, 0.717) is 6.42 Å². The van der Waals surface area contributed by atoms with Crippen molar-refractivity contribution < 1.29 is 136 Å². The maximum atomic E-state index is 14.7. The van der Waals surface area contributed by atoms with E-state index in [2.05, 4.69) is 127 Å². The van der Waals surface area contributed by atoms with Crippen molar-refractivity contribution in [2.45, 2.75) is 295 Å². The molecule has 147 heavy (non-hydrogen) atoms. The number of nitrogens with two attached hydrogens (primary N) is 5. The number of H-pyrrole nitrogens is 1. The first-order valence-corrected chi connectivity index (χ1v) is 47.7. The van der Waals surface area contributed by atoms with E-state index < -0.39 is 333 Å². The van der Waals surface area contributed by atoms with Crippen molar-refractivity contribution in [1.82, 2.24) is 127 Å². The molecule has 1 aromatic heterocycles. The minimum atomic E-state index is -2.05. The van der Waals surface area contributed by atoms with Crippen molar-refractivity contribution >= 4 is 148 Å². The van der Waals surface area contributed by atoms with Gasteiger partial charge in [-0.25, -0.2) is 4.98 Å². The van der Waals surface area contributed by atoms with E-state index in [1.807, 2.05) is 0 Å². The van der Waals surface area contributed by atoms with Crippen LogP contribution in [-0.4, -0.2) is 356 Å². The maximum Gasteiger partial charge on any atom is 0.325 e. The molecule has 42 N–H and O–H groups in total. The lowest BCUT2D eigenvalue weighted by molar-refractivity contribution is -0.142. The van der Waals surface area contributed by atoms with Gasteiger partial charge in [0, 0.05) is 37.9 Å². The smallest absolute Gasteiger partial charge is 0.325 e. The minimum Gasteiger partial charge on any atom is -0.481 e. The number of guanidine groups is 3. The van der Waals surface area contributed by atoms with E-state index in [1.165, 1.54) is 47.1 Å². The van der Waals surface area contributed by atoms with Gasteiger partial charge < -0.3 is 181 Å². The Kier molecular flexibility index (Phi) is 59.3. The molecular weight excluding hydrogens is 1940 g/mol. The zero-order chi connectivity index (χ0) is 112. The van der Waals surface area contributed by atoms with Crippen LogP contribution in [0, 0.1) is 45.8 Å². The van der Waals surface area contributed by atoms with Crippen LogP contribution in [0.1, 0.15) is 180 Å². The third-order valence-electron chi connectivity index (χ3n) is 22.9. The highest BCUT2D eigenvalue weighted by Crippen LogP contribution is 2.17. The first-order valence-electron chi connectivity index (χ1n) is 47.7. The fourth-order valence-corrected chi connectivity index (χ4v) is 13.6. The van der Waals surface area contributed by atoms with Gasteiger partial charge in [0.1, 0.15) is 103 Å². The van der Waals surface area contributed by atoms with Crippen molar-refractivity contribution in [2.24, 2.45) is 58.3 Å². The van der Waals surface area contributed by atoms with Crippen LogP contribution in [0.15, 0.2) is 12.5 Å². The number of aromatic amines is 1. The summed E-state index contributed by atoms with van der Waals surface area (Å²) in [6, 6.07) is -29.5. The Labute approximate surface area is 848 Å². The summed E-state index contributed by atoms with van der Waals surface area (Å²) in [5, 5.41) is 135. The van der Waals surface area contributed by atoms with Gasteiger partial charge in [0.2, 0.25) is 118 Å². The van der Waals surface area contributed by atoms with E-state index in [9.17, 15) is 136 Å². The number of nitrogens with one attached hydrogen (secondary N) is 26. The Morgan fingerprint density at radius 2 is 0.680 bits per heavy atom. The van der Waals surface area contributed by atoms with Gasteiger partial charge in [-0.05, 0) is 102 Å². The van der Waals surface area contributed by atoms with Crippen molar-refractivity contribution in [3.8, 4) is 0 Å². The summed E-state index contributed by atoms with van der Waals surface area (Å²) in [7, 11) is 0. The Hall–Kier alpha value is -14.8. The van der Waals surface area contributed by atoms with Crippen LogP contribution in [0.3, 0.4) is 0 Å². The predicted octanol–water partition coefficient (Wildman–Crippen LogP) is -13.8. The summed E-state index contributed by atoms with van der Waals surface area (Å²) < 4.78 is 0. The van der Waals surface area contributed by atoms with Crippen LogP contribution in [0.2, 0.25) is 0 Å². The van der Waals surface area contributed by atoms with Crippen LogP contribution in [0.5, 0.6) is 0 Å². The van der Waals surface area contributed by atoms with Crippen molar-refractivity contribution in [1.29, 1.82) is 16.2 Å². The largest absolute Gasteiger partial charge is 0.481 e. The van der Waals surface area contributed by atoms with Crippen molar-refractivity contribution in [3.05, 3.63) is 18.2 Å². The lowest BCUT2D eigenvalue weighted by Crippen LogP contribution is -2.62. The summed E-state index contributed by atoms with van der Waals surface area (Å²) >= 11 is 0. The summed E-state index contributed by atoms with van der Waals surface area (Å²) in [4.78, 5) is 307. The van der Waals surface area contributed by atoms with Gasteiger partial charge in [-0.1, -0.05) is 88.5 Å². The van der Waals surface area contributed by atoms with E-state index >= 15 is 0 Å². The molecule has 0 fully saturated rings. The number of rotatable bonds is 70. The number of carbonyl (C=O) groups excluding carboxylic acids is 20. The average molecular weight is 2090 g/mol. The van der Waals surface area contributed by atoms with Gasteiger partial charge >= 0.3 is 11.9 Å². The Balaban J connectivity index is 3.66. The van der Waals surface area contributed by atoms with Crippen LogP contribution in [-0.2, 0) is 112 Å². The molecule has 1 aromatic rings. The normalized spacial score (nSPS) is 15.6. The summed E-state index contributed by atoms with van der Waals surface area (Å²) in [6.07, 6.45) is -2.32. The molecule has 0 spiro atoms. The molecule has 60 heteroatoms. The zero-order valence-electron chi connectivity index (χ0n) is 84.9. The third kappa shape index (κ3) is 49.1. The molecule has 22 atom stereocenters. The molecule has 0 aliphatic carbocycles. The number of aliphatic hydroxyl groups is 4. The van der Waals surface area contributed by atoms with E-state index in [4.69, 9.17) is 44.9 Å². The maximum absolute atomic E-state index is 14.7. The second-order valence-electron chi connectivity index (χ2n) is 36.0. The molecule has 1 heterocycles. The number of aliphatic hydroxyl groups excluding tert-OH is 4. The fourth-order valence-electron chi connectivity index (χ4n) is 13.6. The molecule has 1 rings (SSSR count). The van der Waals surface area contributed by atoms with Gasteiger partial charge in [-0.2, -0.15) is 0 Å². The molecule has 0 unspecified atom stereocenters. The molecule has 0 aliphatic rings. The number of carboxylic acids is 2. The van der Waals surface area contributed by atoms with Crippen LogP contribution < -0.4 is 146 Å². The first-order chi connectivity index (χ1) is 68.8. The fraction of sp³-hybridized carbons (Fsp3) is 0.678. The number of nitrogens with zero attached hydrogens (tertiary/aromatic N) is 1. The molecule has 0 bridgehead atoms. The molecule has 0 aromatic carbocycles. The SMILES string of the molecule is CC[C@H](C)[C@H](N)C(=O)N[C@@H](C)C(=O)N[C@@H](CO)C(=O)NCC(=O)N[C@@H](CCCNC(=N)N)C(=O)N[C@H](C(=O)NCC(=O)N[C@@H](CCCNC(=N)N)C(=O)N[C@@H](CCCNC(=N)N)C(=O)N[C@@H](CC(N)=O)C(=O)N[C@@H](C)C(=O)N[C@H](C(=O)N[C@@H](Cc1cnc[nH]1)C(=O)N[C@@H](CC(=O)O)C(=O)N[C@H](C(=O)N[C@@H](CC(C)C)C(=O)N[C@H](C(=O)N[C@@H](CO)C(=O)N[C@@H](CO)C(=O)N[C@@H](C)C(=O)O)C(C)C)[C@@H](C)CC)[C@@H](C)CC)[C@@H](C)O. The number of imidazole rings is 1. The minimum absolute atomic E-state index is 0.00239. The second-order valence-corrected chi connectivity index (χ2v) is 36.0. The second kappa shape index (κ2) is 67.0. The zero-order valence-corrected chi connectivity index (χ0v) is 84.9. The Bertz CT molecular complexity index is 4650.